The molecule has 1 N–H and O–H groups in total. The van der Waals surface area contributed by atoms with E-state index < -0.39 is 15.3 Å². The number of aromatic nitrogens is 3. The quantitative estimate of drug-likeness (QED) is 0.519. The second-order valence-corrected chi connectivity index (χ2v) is 10.2. The van der Waals surface area contributed by atoms with Crippen molar-refractivity contribution in [1.82, 2.24) is 24.6 Å². The van der Waals surface area contributed by atoms with Crippen LogP contribution in [0.15, 0.2) is 41.0 Å². The summed E-state index contributed by atoms with van der Waals surface area (Å²) in [7, 11) is 2.32. The first-order valence-corrected chi connectivity index (χ1v) is 12.5. The summed E-state index contributed by atoms with van der Waals surface area (Å²) < 4.78 is 47.6. The van der Waals surface area contributed by atoms with E-state index in [4.69, 9.17) is 13.9 Å². The molecule has 188 valence electrons. The molecule has 1 saturated heterocycles. The molecule has 0 spiro atoms. The Kier molecular flexibility index (Phi) is 6.87. The molecule has 1 aliphatic rings. The molecule has 1 aromatic carbocycles. The summed E-state index contributed by atoms with van der Waals surface area (Å²) in [6.07, 6.45) is 2.45. The zero-order valence-corrected chi connectivity index (χ0v) is 20.8. The maximum absolute atomic E-state index is 13.5. The van der Waals surface area contributed by atoms with E-state index in [0.717, 1.165) is 0 Å². The highest BCUT2D eigenvalue weighted by atomic mass is 32.2. The Labute approximate surface area is 203 Å². The third-order valence-corrected chi connectivity index (χ3v) is 7.46. The van der Waals surface area contributed by atoms with Gasteiger partial charge in [0, 0.05) is 27.2 Å². The van der Waals surface area contributed by atoms with Gasteiger partial charge in [0.25, 0.3) is 0 Å². The molecular weight excluding hydrogens is 476 g/mol. The number of urea groups is 1. The fourth-order valence-electron chi connectivity index (χ4n) is 4.04. The smallest absolute Gasteiger partial charge is 0.319 e. The molecule has 3 heterocycles. The number of anilines is 1. The average molecular weight is 505 g/mol. The number of carbonyl (C=O) groups is 1. The lowest BCUT2D eigenvalue weighted by Crippen LogP contribution is -2.49. The van der Waals surface area contributed by atoms with E-state index in [-0.39, 0.29) is 24.3 Å². The van der Waals surface area contributed by atoms with Crippen molar-refractivity contribution in [3.8, 4) is 28.8 Å². The van der Waals surface area contributed by atoms with Crippen LogP contribution in [0.2, 0.25) is 0 Å². The van der Waals surface area contributed by atoms with Gasteiger partial charge in [-0.25, -0.2) is 13.2 Å². The predicted octanol–water partition coefficient (Wildman–Crippen LogP) is 2.43. The summed E-state index contributed by atoms with van der Waals surface area (Å²) >= 11 is 0. The minimum Gasteiger partial charge on any atom is -0.494 e. The zero-order chi connectivity index (χ0) is 25.2. The van der Waals surface area contributed by atoms with Gasteiger partial charge in [-0.2, -0.15) is 0 Å². The largest absolute Gasteiger partial charge is 0.494 e. The molecule has 0 bridgehead atoms. The molecule has 4 rings (SSSR count). The lowest BCUT2D eigenvalue weighted by molar-refractivity contribution is 0.161. The SMILES string of the molecule is COc1cccc(OC)c1-n1c(NS(=O)(=O)C2CCCN(C(=O)N(C)C)C2)nnc1-c1ccco1. The number of carbonyl (C=O) groups excluding carboxylic acids is 1. The van der Waals surface area contributed by atoms with E-state index in [2.05, 4.69) is 14.9 Å². The van der Waals surface area contributed by atoms with Crippen molar-refractivity contribution in [2.24, 2.45) is 0 Å². The molecule has 3 aromatic rings. The van der Waals surface area contributed by atoms with E-state index in [1.54, 1.807) is 44.4 Å². The van der Waals surface area contributed by atoms with Crippen molar-refractivity contribution in [3.05, 3.63) is 36.6 Å². The van der Waals surface area contributed by atoms with Crippen LogP contribution in [0.4, 0.5) is 10.7 Å². The lowest BCUT2D eigenvalue weighted by atomic mass is 10.1. The van der Waals surface area contributed by atoms with Crippen LogP contribution in [-0.2, 0) is 10.0 Å². The number of rotatable bonds is 7. The number of likely N-dealkylation sites (tertiary alicyclic amines) is 1. The monoisotopic (exact) mass is 504 g/mol. The molecule has 1 fully saturated rings. The standard InChI is InChI=1S/C22H28N6O6S/c1-26(2)22(29)27-12-6-8-15(14-27)35(30,31)25-21-24-23-20(18-11-7-13-34-18)28(21)19-16(32-3)9-5-10-17(19)33-4/h5,7,9-11,13,15H,6,8,12,14H2,1-4H3,(H,24,25). The van der Waals surface area contributed by atoms with Gasteiger partial charge in [-0.05, 0) is 37.1 Å². The molecule has 2 amide bonds. The van der Waals surface area contributed by atoms with E-state index in [1.807, 2.05) is 0 Å². The normalized spacial score (nSPS) is 16.1. The number of furan rings is 1. The Bertz CT molecular complexity index is 1270. The van der Waals surface area contributed by atoms with Gasteiger partial charge < -0.3 is 23.7 Å². The Morgan fingerprint density at radius 3 is 2.46 bits per heavy atom. The van der Waals surface area contributed by atoms with Crippen LogP contribution < -0.4 is 14.2 Å². The fraction of sp³-hybridized carbons (Fsp3) is 0.409. The molecule has 35 heavy (non-hydrogen) atoms. The van der Waals surface area contributed by atoms with Crippen LogP contribution >= 0.6 is 0 Å². The number of nitrogens with zero attached hydrogens (tertiary/aromatic N) is 5. The topological polar surface area (TPSA) is 132 Å². The minimum atomic E-state index is -3.95. The number of amides is 2. The van der Waals surface area contributed by atoms with E-state index in [0.29, 0.717) is 42.3 Å². The minimum absolute atomic E-state index is 0.0599. The Balaban J connectivity index is 1.76. The predicted molar refractivity (Wildman–Crippen MR) is 128 cm³/mol. The highest BCUT2D eigenvalue weighted by Crippen LogP contribution is 2.38. The summed E-state index contributed by atoms with van der Waals surface area (Å²) in [4.78, 5) is 15.4. The van der Waals surface area contributed by atoms with Crippen LogP contribution in [-0.4, -0.2) is 85.7 Å². The van der Waals surface area contributed by atoms with Gasteiger partial charge in [0.2, 0.25) is 21.8 Å². The van der Waals surface area contributed by atoms with Crippen LogP contribution in [0, 0.1) is 0 Å². The van der Waals surface area contributed by atoms with Crippen molar-refractivity contribution < 1.29 is 27.1 Å². The Morgan fingerprint density at radius 1 is 1.14 bits per heavy atom. The molecule has 12 nitrogen and oxygen atoms in total. The van der Waals surface area contributed by atoms with E-state index >= 15 is 0 Å². The van der Waals surface area contributed by atoms with Gasteiger partial charge in [0.15, 0.2) is 5.76 Å². The lowest BCUT2D eigenvalue weighted by Gasteiger charge is -2.34. The van der Waals surface area contributed by atoms with Crippen LogP contribution in [0.1, 0.15) is 12.8 Å². The zero-order valence-electron chi connectivity index (χ0n) is 20.0. The summed E-state index contributed by atoms with van der Waals surface area (Å²) in [5.41, 5.74) is 0.402. The van der Waals surface area contributed by atoms with Crippen molar-refractivity contribution in [3.63, 3.8) is 0 Å². The second kappa shape index (κ2) is 9.86. The summed E-state index contributed by atoms with van der Waals surface area (Å²) in [6.45, 7) is 0.573. The maximum Gasteiger partial charge on any atom is 0.319 e. The number of hydrogen-bond donors (Lipinski definition) is 1. The Morgan fingerprint density at radius 2 is 1.86 bits per heavy atom. The molecule has 2 aromatic heterocycles. The van der Waals surface area contributed by atoms with Crippen molar-refractivity contribution in [2.45, 2.75) is 18.1 Å². The molecule has 13 heteroatoms. The average Bonchev–Trinajstić information content (AvgIpc) is 3.52. The first-order valence-electron chi connectivity index (χ1n) is 10.9. The highest BCUT2D eigenvalue weighted by molar-refractivity contribution is 7.93. The first-order chi connectivity index (χ1) is 16.8. The summed E-state index contributed by atoms with van der Waals surface area (Å²) in [5.74, 6) is 1.39. The number of hydrogen-bond acceptors (Lipinski definition) is 8. The van der Waals surface area contributed by atoms with Gasteiger partial charge in [-0.1, -0.05) is 6.07 Å². The number of benzene rings is 1. The first kappa shape index (κ1) is 24.4. The van der Waals surface area contributed by atoms with Gasteiger partial charge in [0.1, 0.15) is 17.2 Å². The molecule has 1 aliphatic heterocycles. The van der Waals surface area contributed by atoms with Gasteiger partial charge >= 0.3 is 6.03 Å². The number of sulfonamides is 1. The van der Waals surface area contributed by atoms with Crippen LogP contribution in [0.25, 0.3) is 17.3 Å². The van der Waals surface area contributed by atoms with E-state index in [9.17, 15) is 13.2 Å². The van der Waals surface area contributed by atoms with Gasteiger partial charge in [-0.3, -0.25) is 9.29 Å². The third-order valence-electron chi connectivity index (χ3n) is 5.73. The van der Waals surface area contributed by atoms with Crippen molar-refractivity contribution >= 4 is 22.0 Å². The number of para-hydroxylation sites is 1. The third kappa shape index (κ3) is 4.76. The fourth-order valence-corrected chi connectivity index (χ4v) is 5.44. The molecule has 1 atom stereocenters. The van der Waals surface area contributed by atoms with Gasteiger partial charge in [0.05, 0.1) is 25.7 Å². The number of ether oxygens (including phenoxy) is 2. The molecule has 0 saturated carbocycles. The second-order valence-electron chi connectivity index (χ2n) is 8.21. The number of nitrogens with one attached hydrogen (secondary N) is 1. The molecule has 0 aliphatic carbocycles. The number of methoxy groups -OCH3 is 2. The summed E-state index contributed by atoms with van der Waals surface area (Å²) in [6, 6.07) is 8.33. The maximum atomic E-state index is 13.5. The van der Waals surface area contributed by atoms with Crippen LogP contribution in [0.3, 0.4) is 0 Å². The van der Waals surface area contributed by atoms with Crippen molar-refractivity contribution in [2.75, 3.05) is 46.1 Å². The highest BCUT2D eigenvalue weighted by Gasteiger charge is 2.35. The molecular formula is C22H28N6O6S. The summed E-state index contributed by atoms with van der Waals surface area (Å²) in [5, 5.41) is 7.49. The Hall–Kier alpha value is -3.74. The molecule has 1 unspecified atom stereocenters. The van der Waals surface area contributed by atoms with Gasteiger partial charge in [-0.15, -0.1) is 10.2 Å². The number of piperidine rings is 1. The van der Waals surface area contributed by atoms with Crippen LogP contribution in [0.5, 0.6) is 11.5 Å². The van der Waals surface area contributed by atoms with E-state index in [1.165, 1.54) is 34.8 Å². The molecule has 0 radical (unpaired) electrons. The van der Waals surface area contributed by atoms with Crippen molar-refractivity contribution in [1.29, 1.82) is 0 Å².